The van der Waals surface area contributed by atoms with Gasteiger partial charge in [-0.2, -0.15) is 8.42 Å². The van der Waals surface area contributed by atoms with E-state index in [1.54, 1.807) is 0 Å². The number of nitrogens with zero attached hydrogens (tertiary/aromatic N) is 1. The smallest absolute Gasteiger partial charge is 0.264 e. The molecule has 5 heteroatoms. The molecule has 0 aliphatic heterocycles. The average Bonchev–Trinajstić information content (AvgIpc) is 2.17. The molecule has 0 fully saturated rings. The summed E-state index contributed by atoms with van der Waals surface area (Å²) in [6.07, 6.45) is 6.20. The van der Waals surface area contributed by atoms with Crippen LogP contribution in [0, 0.1) is 0 Å². The van der Waals surface area contributed by atoms with Crippen molar-refractivity contribution in [1.82, 2.24) is 0 Å². The minimum absolute atomic E-state index is 0.132. The van der Waals surface area contributed by atoms with Crippen LogP contribution in [0.3, 0.4) is 0 Å². The van der Waals surface area contributed by atoms with Gasteiger partial charge in [0.2, 0.25) is 0 Å². The van der Waals surface area contributed by atoms with Crippen molar-refractivity contribution < 1.29 is 17.5 Å². The summed E-state index contributed by atoms with van der Waals surface area (Å²) in [5, 5.41) is 0. The maximum absolute atomic E-state index is 10.4. The second kappa shape index (κ2) is 5.82. The Balaban J connectivity index is 2.13. The van der Waals surface area contributed by atoms with Crippen molar-refractivity contribution in [1.29, 1.82) is 0 Å². The molecule has 0 saturated carbocycles. The van der Waals surface area contributed by atoms with E-state index in [2.05, 4.69) is 0 Å². The summed E-state index contributed by atoms with van der Waals surface area (Å²) in [6.45, 7) is 0.881. The first kappa shape index (κ1) is 12.1. The van der Waals surface area contributed by atoms with Crippen molar-refractivity contribution in [3.63, 3.8) is 0 Å². The topological polar surface area (TPSA) is 58.3 Å². The molecule has 0 bridgehead atoms. The fourth-order valence-corrected chi connectivity index (χ4v) is 1.91. The Kier molecular flexibility index (Phi) is 4.71. The predicted octanol–water partition coefficient (Wildman–Crippen LogP) is 1.03. The van der Waals surface area contributed by atoms with Gasteiger partial charge in [-0.25, -0.2) is 4.57 Å². The number of hydrogen-bond donors (Lipinski definition) is 1. The highest BCUT2D eigenvalue weighted by Gasteiger charge is 2.04. The number of pyridine rings is 1. The number of unbranched alkanes of at least 4 members (excludes halogenated alkanes) is 2. The van der Waals surface area contributed by atoms with E-state index in [9.17, 15) is 8.42 Å². The van der Waals surface area contributed by atoms with Gasteiger partial charge in [-0.3, -0.25) is 4.55 Å². The van der Waals surface area contributed by atoms with E-state index in [0.29, 0.717) is 6.42 Å². The lowest BCUT2D eigenvalue weighted by atomic mass is 10.2. The first-order chi connectivity index (χ1) is 7.08. The molecule has 1 rings (SSSR count). The molecule has 0 aliphatic rings. The quantitative estimate of drug-likeness (QED) is 0.451. The molecule has 0 unspecified atom stereocenters. The summed E-state index contributed by atoms with van der Waals surface area (Å²) in [5.74, 6) is -0.132. The van der Waals surface area contributed by atoms with Crippen molar-refractivity contribution in [3.8, 4) is 0 Å². The van der Waals surface area contributed by atoms with Crippen molar-refractivity contribution >= 4 is 10.1 Å². The summed E-state index contributed by atoms with van der Waals surface area (Å²) < 4.78 is 31.4. The molecule has 1 N–H and O–H groups in total. The number of rotatable bonds is 6. The molecule has 1 heterocycles. The zero-order chi connectivity index (χ0) is 11.1. The largest absolute Gasteiger partial charge is 0.286 e. The molecule has 0 atom stereocenters. The maximum atomic E-state index is 10.4. The molecule has 0 aromatic carbocycles. The molecule has 15 heavy (non-hydrogen) atoms. The van der Waals surface area contributed by atoms with Gasteiger partial charge in [0, 0.05) is 18.6 Å². The summed E-state index contributed by atoms with van der Waals surface area (Å²) in [4.78, 5) is 0. The lowest BCUT2D eigenvalue weighted by Gasteiger charge is -1.97. The highest BCUT2D eigenvalue weighted by atomic mass is 32.2. The van der Waals surface area contributed by atoms with Crippen LogP contribution in [0.4, 0.5) is 0 Å². The standard InChI is InChI=1S/C10H15NO3S/c12-15(13,14)10-6-2-5-9-11-7-3-1-4-8-11/h1,3-4,7-8H,2,5-6,9-10H2/p+1. The number of aromatic nitrogens is 1. The van der Waals surface area contributed by atoms with Crippen molar-refractivity contribution in [2.75, 3.05) is 5.75 Å². The highest BCUT2D eigenvalue weighted by Crippen LogP contribution is 1.98. The van der Waals surface area contributed by atoms with Crippen molar-refractivity contribution in [2.24, 2.45) is 0 Å². The van der Waals surface area contributed by atoms with Crippen LogP contribution in [-0.2, 0) is 16.7 Å². The number of hydrogen-bond acceptors (Lipinski definition) is 2. The van der Waals surface area contributed by atoms with Gasteiger partial charge in [0.25, 0.3) is 10.1 Å². The van der Waals surface area contributed by atoms with Crippen LogP contribution < -0.4 is 4.57 Å². The fourth-order valence-electron chi connectivity index (χ4n) is 1.34. The minimum atomic E-state index is -3.78. The van der Waals surface area contributed by atoms with E-state index in [4.69, 9.17) is 4.55 Å². The van der Waals surface area contributed by atoms with E-state index < -0.39 is 10.1 Å². The molecule has 0 saturated heterocycles. The van der Waals surface area contributed by atoms with Crippen LogP contribution in [0.1, 0.15) is 19.3 Å². The lowest BCUT2D eigenvalue weighted by Crippen LogP contribution is -2.32. The second-order valence-electron chi connectivity index (χ2n) is 3.46. The first-order valence-electron chi connectivity index (χ1n) is 4.97. The molecule has 4 nitrogen and oxygen atoms in total. The monoisotopic (exact) mass is 230 g/mol. The van der Waals surface area contributed by atoms with Gasteiger partial charge < -0.3 is 0 Å². The van der Waals surface area contributed by atoms with Gasteiger partial charge in [0.05, 0.1) is 5.75 Å². The minimum Gasteiger partial charge on any atom is -0.286 e. The molecule has 1 aromatic rings. The zero-order valence-corrected chi connectivity index (χ0v) is 9.36. The van der Waals surface area contributed by atoms with Crippen molar-refractivity contribution in [2.45, 2.75) is 25.8 Å². The van der Waals surface area contributed by atoms with Gasteiger partial charge in [-0.1, -0.05) is 6.07 Å². The predicted molar refractivity (Wildman–Crippen MR) is 56.9 cm³/mol. The summed E-state index contributed by atoms with van der Waals surface area (Å²) >= 11 is 0. The van der Waals surface area contributed by atoms with Crippen LogP contribution in [0.25, 0.3) is 0 Å². The maximum Gasteiger partial charge on any atom is 0.264 e. The molecule has 0 amide bonds. The summed E-state index contributed by atoms with van der Waals surface area (Å²) in [7, 11) is -3.78. The van der Waals surface area contributed by atoms with Gasteiger partial charge >= 0.3 is 0 Å². The van der Waals surface area contributed by atoms with Crippen molar-refractivity contribution in [3.05, 3.63) is 30.6 Å². The Bertz CT molecular complexity index is 375. The van der Waals surface area contributed by atoms with Crippen LogP contribution in [0.2, 0.25) is 0 Å². The Morgan fingerprint density at radius 2 is 1.67 bits per heavy atom. The normalized spacial score (nSPS) is 11.5. The van der Waals surface area contributed by atoms with E-state index in [0.717, 1.165) is 19.4 Å². The van der Waals surface area contributed by atoms with Crippen LogP contribution in [0.15, 0.2) is 30.6 Å². The van der Waals surface area contributed by atoms with E-state index in [1.165, 1.54) is 0 Å². The molecule has 0 aliphatic carbocycles. The first-order valence-corrected chi connectivity index (χ1v) is 6.58. The summed E-state index contributed by atoms with van der Waals surface area (Å²) in [6, 6.07) is 5.87. The van der Waals surface area contributed by atoms with E-state index in [-0.39, 0.29) is 5.75 Å². The summed E-state index contributed by atoms with van der Waals surface area (Å²) in [5.41, 5.74) is 0. The average molecular weight is 230 g/mol. The Morgan fingerprint density at radius 1 is 1.00 bits per heavy atom. The van der Waals surface area contributed by atoms with Gasteiger partial charge in [-0.15, -0.1) is 0 Å². The SMILES string of the molecule is O=S(=O)(O)CCCCC[n+]1ccccc1. The highest BCUT2D eigenvalue weighted by molar-refractivity contribution is 7.85. The van der Waals surface area contributed by atoms with Gasteiger partial charge in [-0.05, 0) is 12.8 Å². The molecule has 1 aromatic heterocycles. The van der Waals surface area contributed by atoms with E-state index >= 15 is 0 Å². The van der Waals surface area contributed by atoms with Gasteiger partial charge in [0.1, 0.15) is 6.54 Å². The van der Waals surface area contributed by atoms with Crippen LogP contribution >= 0.6 is 0 Å². The lowest BCUT2D eigenvalue weighted by molar-refractivity contribution is -0.697. The van der Waals surface area contributed by atoms with Gasteiger partial charge in [0.15, 0.2) is 12.4 Å². The molecule has 0 spiro atoms. The molecule has 84 valence electrons. The van der Waals surface area contributed by atoms with Crippen LogP contribution in [-0.4, -0.2) is 18.7 Å². The molecule has 0 radical (unpaired) electrons. The zero-order valence-electron chi connectivity index (χ0n) is 8.54. The second-order valence-corrected chi connectivity index (χ2v) is 5.03. The van der Waals surface area contributed by atoms with E-state index in [1.807, 2.05) is 35.2 Å². The van der Waals surface area contributed by atoms with Crippen LogP contribution in [0.5, 0.6) is 0 Å². The Morgan fingerprint density at radius 3 is 2.27 bits per heavy atom. The number of aryl methyl sites for hydroxylation is 1. The Hall–Kier alpha value is -0.940. The third-order valence-electron chi connectivity index (χ3n) is 2.10. The molecular weight excluding hydrogens is 214 g/mol. The third-order valence-corrected chi connectivity index (χ3v) is 2.90. The fraction of sp³-hybridized carbons (Fsp3) is 0.500. The Labute approximate surface area is 90.3 Å². The third kappa shape index (κ3) is 6.19. The molecular formula is C10H16NO3S+.